The van der Waals surface area contributed by atoms with E-state index in [1.54, 1.807) is 24.5 Å². The van der Waals surface area contributed by atoms with E-state index in [9.17, 15) is 18.0 Å². The second-order valence-corrected chi connectivity index (χ2v) is 9.03. The van der Waals surface area contributed by atoms with Gasteiger partial charge in [0.05, 0.1) is 12.1 Å². The number of carbonyl (C=O) groups excluding carboxylic acids is 1. The van der Waals surface area contributed by atoms with Crippen molar-refractivity contribution in [2.24, 2.45) is 0 Å². The largest absolute Gasteiger partial charge is 0.416 e. The average Bonchev–Trinajstić information content (AvgIpc) is 3.51. The molecule has 0 bridgehead atoms. The first-order valence-electron chi connectivity index (χ1n) is 11.7. The van der Waals surface area contributed by atoms with Gasteiger partial charge in [-0.3, -0.25) is 4.79 Å². The van der Waals surface area contributed by atoms with Gasteiger partial charge in [0.15, 0.2) is 0 Å². The molecule has 1 unspecified atom stereocenters. The van der Waals surface area contributed by atoms with Crippen LogP contribution in [0.2, 0.25) is 0 Å². The van der Waals surface area contributed by atoms with Crippen LogP contribution in [-0.4, -0.2) is 21.9 Å². The number of nitrogens with one attached hydrogen (secondary N) is 3. The Morgan fingerprint density at radius 2 is 1.81 bits per heavy atom. The molecule has 0 aliphatic heterocycles. The Kier molecular flexibility index (Phi) is 7.71. The monoisotopic (exact) mass is 526 g/mol. The number of alkyl halides is 3. The minimum Gasteiger partial charge on any atom is -0.348 e. The zero-order valence-electron chi connectivity index (χ0n) is 20.0. The highest BCUT2D eigenvalue weighted by atomic mass is 35.5. The zero-order chi connectivity index (χ0) is 25.3. The number of benzene rings is 3. The smallest absolute Gasteiger partial charge is 0.348 e. The van der Waals surface area contributed by atoms with Crippen molar-refractivity contribution < 1.29 is 18.0 Å². The van der Waals surface area contributed by atoms with Crippen molar-refractivity contribution in [1.29, 1.82) is 0 Å². The summed E-state index contributed by atoms with van der Waals surface area (Å²) in [5.41, 5.74) is 4.78. The van der Waals surface area contributed by atoms with Gasteiger partial charge in [-0.25, -0.2) is 4.98 Å². The van der Waals surface area contributed by atoms with Crippen LogP contribution < -0.4 is 10.6 Å². The molecule has 0 radical (unpaired) electrons. The van der Waals surface area contributed by atoms with E-state index in [0.717, 1.165) is 36.4 Å². The Morgan fingerprint density at radius 3 is 2.51 bits per heavy atom. The molecule has 5 nitrogen and oxygen atoms in total. The van der Waals surface area contributed by atoms with Gasteiger partial charge in [0.25, 0.3) is 5.91 Å². The van der Waals surface area contributed by atoms with Crippen LogP contribution >= 0.6 is 12.4 Å². The first kappa shape index (κ1) is 26.4. The fraction of sp³-hybridized carbons (Fsp3) is 0.214. The highest BCUT2D eigenvalue weighted by Gasteiger charge is 2.30. The first-order valence-corrected chi connectivity index (χ1v) is 11.7. The van der Waals surface area contributed by atoms with Crippen LogP contribution in [0.4, 0.5) is 18.9 Å². The number of anilines is 1. The van der Waals surface area contributed by atoms with E-state index < -0.39 is 11.7 Å². The van der Waals surface area contributed by atoms with Crippen LogP contribution in [0.1, 0.15) is 38.4 Å². The lowest BCUT2D eigenvalue weighted by atomic mass is 9.93. The molecule has 0 fully saturated rings. The van der Waals surface area contributed by atoms with Crippen molar-refractivity contribution in [3.63, 3.8) is 0 Å². The molecule has 0 saturated heterocycles. The van der Waals surface area contributed by atoms with E-state index in [1.807, 2.05) is 31.2 Å². The summed E-state index contributed by atoms with van der Waals surface area (Å²) in [5.74, 6) is 0.583. The number of nitrogens with zero attached hydrogens (tertiary/aromatic N) is 1. The van der Waals surface area contributed by atoms with Crippen molar-refractivity contribution in [3.05, 3.63) is 107 Å². The molecule has 4 aromatic rings. The molecule has 3 aromatic carbocycles. The molecule has 1 aliphatic rings. The standard InChI is InChI=1S/C28H25F3N4O.ClH/c1-17-3-2-4-24(26(17)18-5-8-21(9-6-18)28(29,30)31)27(36)35-22-10-7-19-13-23(15-20(19)14-22)34-16-25-32-11-12-33-25;/h2-12,14,23,34H,13,15-16H2,1H3,(H,32,33)(H,35,36);1H. The number of aryl methyl sites for hydroxylation is 1. The summed E-state index contributed by atoms with van der Waals surface area (Å²) < 4.78 is 39.0. The Balaban J connectivity index is 0.00000320. The molecule has 1 atom stereocenters. The van der Waals surface area contributed by atoms with E-state index in [0.29, 0.717) is 35.0 Å². The molecule has 3 N–H and O–H groups in total. The highest BCUT2D eigenvalue weighted by Crippen LogP contribution is 2.33. The quantitative estimate of drug-likeness (QED) is 0.275. The first-order chi connectivity index (χ1) is 17.3. The Hall–Kier alpha value is -3.62. The number of halogens is 4. The lowest BCUT2D eigenvalue weighted by molar-refractivity contribution is -0.137. The van der Waals surface area contributed by atoms with Crippen LogP contribution in [0.25, 0.3) is 11.1 Å². The maximum absolute atomic E-state index is 13.3. The minimum atomic E-state index is -4.41. The number of hydrogen-bond donors (Lipinski definition) is 3. The van der Waals surface area contributed by atoms with Crippen LogP contribution in [-0.2, 0) is 25.6 Å². The van der Waals surface area contributed by atoms with Crippen molar-refractivity contribution >= 4 is 24.0 Å². The maximum Gasteiger partial charge on any atom is 0.416 e. The summed E-state index contributed by atoms with van der Waals surface area (Å²) in [6.45, 7) is 2.50. The van der Waals surface area contributed by atoms with E-state index in [2.05, 4.69) is 20.6 Å². The fourth-order valence-electron chi connectivity index (χ4n) is 4.74. The predicted octanol–water partition coefficient (Wildman–Crippen LogP) is 6.34. The van der Waals surface area contributed by atoms with Crippen LogP contribution in [0.3, 0.4) is 0 Å². The SMILES string of the molecule is Cc1cccc(C(=O)Nc2ccc3c(c2)CC(NCc2ncc[nH]2)C3)c1-c1ccc(C(F)(F)F)cc1.Cl. The molecule has 1 amide bonds. The van der Waals surface area contributed by atoms with Gasteiger partial charge < -0.3 is 15.6 Å². The number of carbonyl (C=O) groups is 1. The molecular formula is C28H26ClF3N4O. The third kappa shape index (κ3) is 5.87. The molecule has 37 heavy (non-hydrogen) atoms. The number of aromatic nitrogens is 2. The second-order valence-electron chi connectivity index (χ2n) is 9.03. The van der Waals surface area contributed by atoms with E-state index in [-0.39, 0.29) is 18.3 Å². The topological polar surface area (TPSA) is 69.8 Å². The normalized spacial score (nSPS) is 14.6. The van der Waals surface area contributed by atoms with E-state index in [4.69, 9.17) is 0 Å². The number of imidazole rings is 1. The third-order valence-electron chi connectivity index (χ3n) is 6.53. The fourth-order valence-corrected chi connectivity index (χ4v) is 4.74. The Morgan fingerprint density at radius 1 is 1.05 bits per heavy atom. The summed E-state index contributed by atoms with van der Waals surface area (Å²) in [7, 11) is 0. The van der Waals surface area contributed by atoms with Crippen molar-refractivity contribution in [3.8, 4) is 11.1 Å². The van der Waals surface area contributed by atoms with Crippen molar-refractivity contribution in [2.75, 3.05) is 5.32 Å². The van der Waals surface area contributed by atoms with Crippen LogP contribution in [0.15, 0.2) is 73.1 Å². The van der Waals surface area contributed by atoms with Crippen molar-refractivity contribution in [1.82, 2.24) is 15.3 Å². The Labute approximate surface area is 218 Å². The van der Waals surface area contributed by atoms with Gasteiger partial charge in [0.2, 0.25) is 0 Å². The van der Waals surface area contributed by atoms with Gasteiger partial charge in [0, 0.05) is 29.7 Å². The number of amides is 1. The molecular weight excluding hydrogens is 501 g/mol. The summed E-state index contributed by atoms with van der Waals surface area (Å²) >= 11 is 0. The molecule has 1 heterocycles. The maximum atomic E-state index is 13.3. The molecule has 192 valence electrons. The lowest BCUT2D eigenvalue weighted by Gasteiger charge is -2.15. The average molecular weight is 527 g/mol. The van der Waals surface area contributed by atoms with Crippen molar-refractivity contribution in [2.45, 2.75) is 38.5 Å². The molecule has 0 spiro atoms. The zero-order valence-corrected chi connectivity index (χ0v) is 20.8. The molecule has 1 aromatic heterocycles. The number of hydrogen-bond acceptors (Lipinski definition) is 3. The summed E-state index contributed by atoms with van der Waals surface area (Å²) in [6, 6.07) is 16.4. The molecule has 0 saturated carbocycles. The number of H-pyrrole nitrogens is 1. The van der Waals surface area contributed by atoms with Crippen LogP contribution in [0.5, 0.6) is 0 Å². The van der Waals surface area contributed by atoms with Gasteiger partial charge in [0.1, 0.15) is 5.82 Å². The van der Waals surface area contributed by atoms with E-state index in [1.165, 1.54) is 23.3 Å². The van der Waals surface area contributed by atoms with Gasteiger partial charge in [-0.05, 0) is 77.9 Å². The van der Waals surface area contributed by atoms with Crippen LogP contribution in [0, 0.1) is 6.92 Å². The molecule has 9 heteroatoms. The lowest BCUT2D eigenvalue weighted by Crippen LogP contribution is -2.29. The minimum absolute atomic E-state index is 0. The predicted molar refractivity (Wildman–Crippen MR) is 140 cm³/mol. The van der Waals surface area contributed by atoms with E-state index >= 15 is 0 Å². The van der Waals surface area contributed by atoms with Gasteiger partial charge >= 0.3 is 6.18 Å². The summed E-state index contributed by atoms with van der Waals surface area (Å²) in [6.07, 6.45) is 0.867. The number of fused-ring (bicyclic) bond motifs is 1. The van der Waals surface area contributed by atoms with Gasteiger partial charge in [-0.2, -0.15) is 13.2 Å². The molecule has 1 aliphatic carbocycles. The Bertz CT molecular complexity index is 1390. The molecule has 5 rings (SSSR count). The number of rotatable bonds is 6. The third-order valence-corrected chi connectivity index (χ3v) is 6.53. The van der Waals surface area contributed by atoms with Gasteiger partial charge in [-0.15, -0.1) is 12.4 Å². The number of aromatic amines is 1. The van der Waals surface area contributed by atoms with Gasteiger partial charge in [-0.1, -0.05) is 30.3 Å². The summed E-state index contributed by atoms with van der Waals surface area (Å²) in [4.78, 5) is 20.6. The summed E-state index contributed by atoms with van der Waals surface area (Å²) in [5, 5.41) is 6.49. The second kappa shape index (κ2) is 10.8. The highest BCUT2D eigenvalue weighted by molar-refractivity contribution is 6.09.